The van der Waals surface area contributed by atoms with Gasteiger partial charge in [-0.05, 0) is 51.0 Å². The van der Waals surface area contributed by atoms with Crippen LogP contribution in [0.4, 0.5) is 23.5 Å². The monoisotopic (exact) mass is 1060 g/mol. The van der Waals surface area contributed by atoms with E-state index in [0.29, 0.717) is 11.6 Å². The highest BCUT2D eigenvalue weighted by molar-refractivity contribution is 5.89. The molecular weight excluding hydrogens is 1000 g/mol. The molecule has 4 fully saturated rings. The van der Waals surface area contributed by atoms with Crippen LogP contribution >= 0.6 is 0 Å². The molecule has 0 bridgehead atoms. The minimum atomic E-state index is -1.59. The lowest BCUT2D eigenvalue weighted by molar-refractivity contribution is -0.200. The zero-order valence-electron chi connectivity index (χ0n) is 41.7. The van der Waals surface area contributed by atoms with Gasteiger partial charge in [0.15, 0.2) is 40.6 Å². The number of carbonyl (C=O) groups excluding carboxylic acids is 2. The van der Waals surface area contributed by atoms with Crippen LogP contribution in [0.2, 0.25) is 0 Å². The Bertz CT molecular complexity index is 3330. The molecule has 4 aliphatic rings. The average molecular weight is 1060 g/mol. The van der Waals surface area contributed by atoms with E-state index in [2.05, 4.69) is 53.7 Å². The van der Waals surface area contributed by atoms with Crippen LogP contribution in [0.3, 0.4) is 0 Å². The summed E-state index contributed by atoms with van der Waals surface area (Å²) in [5.41, 5.74) is 9.11. The number of hydrogen-bond acceptors (Lipinski definition) is 23. The van der Waals surface area contributed by atoms with Gasteiger partial charge in [-0.25, -0.2) is 38.3 Å². The Morgan fingerprint density at radius 2 is 1.20 bits per heavy atom. The molecule has 10 N–H and O–H groups in total. The average Bonchev–Trinajstić information content (AvgIpc) is 4.28. The van der Waals surface area contributed by atoms with Crippen LogP contribution in [-0.2, 0) is 46.2 Å². The standard InChI is InChI=1S/C23H27N7O7.C20H23N7O7.C4H8O/c1-5-8-29-14-17(27-21(24)28-18(14)31)30(22(29)33)19-16-15(36-23(2,3)37-16)12(35-19)10-34-20(32)11-6-7-13(25-4)26-9-11;1-3-6-26-12-15(24-19(21)25-16(12)30)27(20(26)32)17-14(29)13(28)10(34-17)8-33-18(31)9-4-5-11(22-2)23-7-9;1-2-4-5-3-1/h5-7,9,12,15-16,19H,1,8,10H2,2-4H3,(H,25,26)(H3,24,27,28,31);3-5,7,10,13-14,17,28-29H,1,6,8H2,2H3,(H,22,23)(H3,21,24,25,30);1-4H2/t12-,15-,16-,19-;10-,13-,14-,17-;/m11./s1. The molecule has 10 rings (SSSR count). The predicted octanol–water partition coefficient (Wildman–Crippen LogP) is -0.270. The van der Waals surface area contributed by atoms with E-state index in [-0.39, 0.29) is 65.0 Å². The summed E-state index contributed by atoms with van der Waals surface area (Å²) in [7, 11) is 3.40. The van der Waals surface area contributed by atoms with Crippen molar-refractivity contribution in [3.05, 3.63) is 115 Å². The normalized spacial score (nSPS) is 23.2. The number of anilines is 4. The van der Waals surface area contributed by atoms with Crippen molar-refractivity contribution in [1.29, 1.82) is 0 Å². The molecule has 0 aromatic carbocycles. The molecular formula is C47H58N14O15. The van der Waals surface area contributed by atoms with Crippen molar-refractivity contribution in [2.45, 2.75) is 94.6 Å². The van der Waals surface area contributed by atoms with E-state index in [1.54, 1.807) is 46.1 Å². The first kappa shape index (κ1) is 54.2. The predicted molar refractivity (Wildman–Crippen MR) is 270 cm³/mol. The molecule has 0 saturated carbocycles. The fraction of sp³-hybridized carbons (Fsp3) is 0.447. The highest BCUT2D eigenvalue weighted by atomic mass is 16.8. The summed E-state index contributed by atoms with van der Waals surface area (Å²) in [5, 5.41) is 26.8. The molecule has 0 unspecified atom stereocenters. The SMILES string of the molecule is C1CCOC1.C=CCn1c(=O)n([C@@H]2O[C@H](COC(=O)c3ccc(NC)nc3)[C@@H](O)[C@H]2O)c2nc(N)[nH]c(=O)c21.C=CCn1c(=O)n([C@@H]2O[C@H](COC(=O)c3ccc(NC)nc3)[C@H]3OC(C)(C)O[C@H]32)c2nc(N)[nH]c(=O)c21. The number of H-pyrrole nitrogens is 2. The van der Waals surface area contributed by atoms with Gasteiger partial charge < -0.3 is 65.5 Å². The lowest BCUT2D eigenvalue weighted by Crippen LogP contribution is -2.36. The number of nitrogens with two attached hydrogens (primary N) is 2. The van der Waals surface area contributed by atoms with Gasteiger partial charge >= 0.3 is 23.3 Å². The number of aromatic amines is 2. The van der Waals surface area contributed by atoms with Crippen LogP contribution in [0, 0.1) is 0 Å². The number of ether oxygens (including phenoxy) is 7. The molecule has 4 aliphatic heterocycles. The van der Waals surface area contributed by atoms with Gasteiger partial charge in [-0.2, -0.15) is 9.97 Å². The fourth-order valence-corrected chi connectivity index (χ4v) is 8.85. The first-order chi connectivity index (χ1) is 36.4. The number of aromatic nitrogens is 10. The number of nitrogen functional groups attached to an aromatic ring is 2. The van der Waals surface area contributed by atoms with E-state index < -0.39 is 95.9 Å². The minimum absolute atomic E-state index is 0.0184. The number of aliphatic hydroxyl groups excluding tert-OH is 2. The number of rotatable bonds is 14. The van der Waals surface area contributed by atoms with Crippen molar-refractivity contribution >= 4 is 57.8 Å². The van der Waals surface area contributed by atoms with E-state index in [1.807, 2.05) is 0 Å². The number of esters is 2. The van der Waals surface area contributed by atoms with Gasteiger partial charge in [0.1, 0.15) is 61.5 Å². The topological polar surface area (TPSA) is 386 Å². The molecule has 0 radical (unpaired) electrons. The second-order valence-electron chi connectivity index (χ2n) is 17.9. The number of fused-ring (bicyclic) bond motifs is 3. The van der Waals surface area contributed by atoms with Gasteiger partial charge in [-0.15, -0.1) is 13.2 Å². The Kier molecular flexibility index (Phi) is 16.3. The molecule has 29 heteroatoms. The van der Waals surface area contributed by atoms with Crippen LogP contribution in [0.1, 0.15) is 59.9 Å². The van der Waals surface area contributed by atoms with Crippen LogP contribution in [0.5, 0.6) is 0 Å². The third-order valence-corrected chi connectivity index (χ3v) is 12.4. The molecule has 76 heavy (non-hydrogen) atoms. The van der Waals surface area contributed by atoms with Gasteiger partial charge in [0.25, 0.3) is 11.1 Å². The smallest absolute Gasteiger partial charge is 0.339 e. The Hall–Kier alpha value is -8.06. The first-order valence-electron chi connectivity index (χ1n) is 23.8. The van der Waals surface area contributed by atoms with E-state index >= 15 is 0 Å². The lowest BCUT2D eigenvalue weighted by Gasteiger charge is -2.24. The van der Waals surface area contributed by atoms with Crippen LogP contribution in [0.15, 0.2) is 81.1 Å². The number of carbonyl (C=O) groups is 2. The zero-order chi connectivity index (χ0) is 54.6. The third kappa shape index (κ3) is 11.0. The maximum Gasteiger partial charge on any atom is 0.339 e. The second kappa shape index (κ2) is 22.8. The second-order valence-corrected chi connectivity index (χ2v) is 17.9. The molecule has 0 aliphatic carbocycles. The summed E-state index contributed by atoms with van der Waals surface area (Å²) < 4.78 is 44.1. The van der Waals surface area contributed by atoms with Crippen molar-refractivity contribution < 1.29 is 53.0 Å². The molecule has 6 aromatic heterocycles. The minimum Gasteiger partial charge on any atom is -0.459 e. The quantitative estimate of drug-likeness (QED) is 0.0514. The molecule has 29 nitrogen and oxygen atoms in total. The maximum atomic E-state index is 13.5. The first-order valence-corrected chi connectivity index (χ1v) is 23.8. The summed E-state index contributed by atoms with van der Waals surface area (Å²) in [4.78, 5) is 97.6. The molecule has 10 heterocycles. The number of nitrogens with one attached hydrogen (secondary N) is 4. The van der Waals surface area contributed by atoms with Crippen molar-refractivity contribution in [2.24, 2.45) is 0 Å². The molecule has 0 amide bonds. The molecule has 406 valence electrons. The van der Waals surface area contributed by atoms with Gasteiger partial charge in [-0.3, -0.25) is 28.7 Å². The fourth-order valence-electron chi connectivity index (χ4n) is 8.85. The summed E-state index contributed by atoms with van der Waals surface area (Å²) >= 11 is 0. The van der Waals surface area contributed by atoms with Crippen LogP contribution in [-0.4, -0.2) is 153 Å². The lowest BCUT2D eigenvalue weighted by atomic mass is 10.1. The van der Waals surface area contributed by atoms with Crippen LogP contribution < -0.4 is 44.6 Å². The van der Waals surface area contributed by atoms with Gasteiger partial charge in [0, 0.05) is 52.8 Å². The number of allylic oxidation sites excluding steroid dienone is 2. The van der Waals surface area contributed by atoms with Gasteiger partial charge in [0.05, 0.1) is 11.1 Å². The van der Waals surface area contributed by atoms with Crippen LogP contribution in [0.25, 0.3) is 22.3 Å². The molecule has 6 aromatic rings. The molecule has 8 atom stereocenters. The van der Waals surface area contributed by atoms with E-state index in [0.717, 1.165) is 22.3 Å². The summed E-state index contributed by atoms with van der Waals surface area (Å²) in [6.07, 6.45) is -0.804. The van der Waals surface area contributed by atoms with Crippen molar-refractivity contribution in [1.82, 2.24) is 48.2 Å². The third-order valence-electron chi connectivity index (χ3n) is 12.4. The van der Waals surface area contributed by atoms with E-state index in [1.165, 1.54) is 52.6 Å². The van der Waals surface area contributed by atoms with Gasteiger partial charge in [-0.1, -0.05) is 12.2 Å². The molecule has 0 spiro atoms. The van der Waals surface area contributed by atoms with E-state index in [4.69, 9.17) is 44.6 Å². The highest BCUT2D eigenvalue weighted by Gasteiger charge is 2.57. The van der Waals surface area contributed by atoms with Crippen molar-refractivity contribution in [2.75, 3.05) is 62.6 Å². The highest BCUT2D eigenvalue weighted by Crippen LogP contribution is 2.43. The number of pyridine rings is 2. The van der Waals surface area contributed by atoms with Crippen molar-refractivity contribution in [3.63, 3.8) is 0 Å². The Morgan fingerprint density at radius 3 is 1.63 bits per heavy atom. The molecule has 4 saturated heterocycles. The van der Waals surface area contributed by atoms with Crippen molar-refractivity contribution in [3.8, 4) is 0 Å². The Balaban J connectivity index is 0.000000185. The largest absolute Gasteiger partial charge is 0.459 e. The Morgan fingerprint density at radius 1 is 0.737 bits per heavy atom. The zero-order valence-corrected chi connectivity index (χ0v) is 41.7. The summed E-state index contributed by atoms with van der Waals surface area (Å²) in [5.74, 6) is -1.57. The number of imidazole rings is 2. The number of nitrogens with zero attached hydrogens (tertiary/aromatic N) is 8. The maximum absolute atomic E-state index is 13.5. The number of aliphatic hydroxyl groups is 2. The summed E-state index contributed by atoms with van der Waals surface area (Å²) in [6, 6.07) is 6.33. The van der Waals surface area contributed by atoms with Gasteiger partial charge in [0.2, 0.25) is 11.9 Å². The Labute approximate surface area is 430 Å². The summed E-state index contributed by atoms with van der Waals surface area (Å²) in [6.45, 7) is 12.1. The van der Waals surface area contributed by atoms with E-state index in [9.17, 15) is 39.0 Å². The number of hydrogen-bond donors (Lipinski definition) is 8.